The van der Waals surface area contributed by atoms with E-state index in [1.54, 1.807) is 0 Å². The summed E-state index contributed by atoms with van der Waals surface area (Å²) >= 11 is 0. The van der Waals surface area contributed by atoms with E-state index in [0.29, 0.717) is 6.10 Å². The quantitative estimate of drug-likeness (QED) is 0.594. The fraction of sp³-hybridized carbons (Fsp3) is 0.647. The van der Waals surface area contributed by atoms with Crippen LogP contribution in [0.5, 0.6) is 0 Å². The van der Waals surface area contributed by atoms with E-state index in [-0.39, 0.29) is 11.5 Å². The van der Waals surface area contributed by atoms with Gasteiger partial charge in [-0.3, -0.25) is 11.3 Å². The van der Waals surface area contributed by atoms with Gasteiger partial charge in [-0.05, 0) is 37.7 Å². The van der Waals surface area contributed by atoms with Gasteiger partial charge in [0.15, 0.2) is 0 Å². The predicted molar refractivity (Wildman–Crippen MR) is 83.4 cm³/mol. The first kappa shape index (κ1) is 15.5. The van der Waals surface area contributed by atoms with Crippen LogP contribution >= 0.6 is 0 Å². The minimum atomic E-state index is 0.0343. The number of hydrogen-bond acceptors (Lipinski definition) is 3. The molecule has 112 valence electrons. The molecule has 3 heteroatoms. The van der Waals surface area contributed by atoms with E-state index in [4.69, 9.17) is 10.6 Å². The molecule has 0 saturated carbocycles. The maximum absolute atomic E-state index is 5.81. The van der Waals surface area contributed by atoms with E-state index in [0.717, 1.165) is 25.9 Å². The summed E-state index contributed by atoms with van der Waals surface area (Å²) in [5.41, 5.74) is 4.39. The van der Waals surface area contributed by atoms with Gasteiger partial charge in [0.25, 0.3) is 0 Å². The molecule has 2 unspecified atom stereocenters. The smallest absolute Gasteiger partial charge is 0.0576 e. The van der Waals surface area contributed by atoms with Crippen molar-refractivity contribution in [3.05, 3.63) is 35.9 Å². The lowest BCUT2D eigenvalue weighted by Gasteiger charge is -2.34. The topological polar surface area (TPSA) is 47.3 Å². The van der Waals surface area contributed by atoms with E-state index in [9.17, 15) is 0 Å². The number of nitrogens with two attached hydrogens (primary N) is 1. The van der Waals surface area contributed by atoms with Gasteiger partial charge in [-0.2, -0.15) is 0 Å². The number of benzene rings is 1. The zero-order valence-corrected chi connectivity index (χ0v) is 12.8. The summed E-state index contributed by atoms with van der Waals surface area (Å²) in [7, 11) is 0. The van der Waals surface area contributed by atoms with Gasteiger partial charge in [0.1, 0.15) is 0 Å². The number of hydrogen-bond donors (Lipinski definition) is 2. The maximum Gasteiger partial charge on any atom is 0.0576 e. The van der Waals surface area contributed by atoms with Gasteiger partial charge in [-0.25, -0.2) is 0 Å². The Balaban J connectivity index is 1.89. The summed E-state index contributed by atoms with van der Waals surface area (Å²) in [5.74, 6) is 5.81. The Morgan fingerprint density at radius 3 is 2.70 bits per heavy atom. The first-order valence-electron chi connectivity index (χ1n) is 7.78. The van der Waals surface area contributed by atoms with E-state index < -0.39 is 0 Å². The molecule has 1 aromatic carbocycles. The lowest BCUT2D eigenvalue weighted by molar-refractivity contribution is 0.100. The van der Waals surface area contributed by atoms with Gasteiger partial charge in [0.2, 0.25) is 0 Å². The predicted octanol–water partition coefficient (Wildman–Crippen LogP) is 3.15. The molecule has 0 amide bonds. The molecule has 1 aromatic rings. The molecule has 1 fully saturated rings. The molecule has 20 heavy (non-hydrogen) atoms. The van der Waals surface area contributed by atoms with Gasteiger partial charge >= 0.3 is 0 Å². The molecule has 0 radical (unpaired) electrons. The van der Waals surface area contributed by atoms with E-state index in [1.807, 2.05) is 0 Å². The van der Waals surface area contributed by atoms with Crippen molar-refractivity contribution in [1.82, 2.24) is 5.43 Å². The summed E-state index contributed by atoms with van der Waals surface area (Å²) in [4.78, 5) is 0. The zero-order chi connectivity index (χ0) is 14.4. The Morgan fingerprint density at radius 1 is 1.35 bits per heavy atom. The highest BCUT2D eigenvalue weighted by molar-refractivity contribution is 5.25. The Kier molecular flexibility index (Phi) is 5.58. The molecule has 1 heterocycles. The number of hydrazine groups is 1. The Bertz CT molecular complexity index is 385. The fourth-order valence-corrected chi connectivity index (χ4v) is 3.14. The van der Waals surface area contributed by atoms with Crippen LogP contribution in [0.15, 0.2) is 30.3 Å². The first-order valence-corrected chi connectivity index (χ1v) is 7.78. The Morgan fingerprint density at radius 2 is 2.10 bits per heavy atom. The van der Waals surface area contributed by atoms with Crippen molar-refractivity contribution in [2.75, 3.05) is 6.61 Å². The normalized spacial score (nSPS) is 21.1. The second-order valence-electron chi connectivity index (χ2n) is 6.37. The summed E-state index contributed by atoms with van der Waals surface area (Å²) in [6, 6.07) is 10.9. The van der Waals surface area contributed by atoms with Gasteiger partial charge in [-0.1, -0.05) is 44.2 Å². The van der Waals surface area contributed by atoms with Crippen molar-refractivity contribution in [2.24, 2.45) is 5.84 Å². The molecule has 0 aromatic heterocycles. The van der Waals surface area contributed by atoms with Gasteiger partial charge < -0.3 is 4.74 Å². The van der Waals surface area contributed by atoms with E-state index in [1.165, 1.54) is 18.4 Å². The van der Waals surface area contributed by atoms with Crippen molar-refractivity contribution in [3.8, 4) is 0 Å². The average molecular weight is 276 g/mol. The van der Waals surface area contributed by atoms with E-state index >= 15 is 0 Å². The lowest BCUT2D eigenvalue weighted by Crippen LogP contribution is -2.48. The maximum atomic E-state index is 5.81. The standard InChI is InChI=1S/C17H28N2O/c1-17(2,14-8-4-3-5-9-14)16(19-18)12-6-10-15-11-7-13-20-15/h3-5,8-9,15-16,19H,6-7,10-13,18H2,1-2H3. The summed E-state index contributed by atoms with van der Waals surface area (Å²) < 4.78 is 5.69. The van der Waals surface area contributed by atoms with E-state index in [2.05, 4.69) is 49.6 Å². The molecule has 0 spiro atoms. The molecular weight excluding hydrogens is 248 g/mol. The van der Waals surface area contributed by atoms with Crippen LogP contribution in [0, 0.1) is 0 Å². The Labute approximate surface area is 122 Å². The van der Waals surface area contributed by atoms with Crippen molar-refractivity contribution >= 4 is 0 Å². The highest BCUT2D eigenvalue weighted by atomic mass is 16.5. The molecule has 0 bridgehead atoms. The number of nitrogens with one attached hydrogen (secondary N) is 1. The van der Waals surface area contributed by atoms with Crippen LogP contribution in [0.1, 0.15) is 51.5 Å². The highest BCUT2D eigenvalue weighted by Crippen LogP contribution is 2.30. The van der Waals surface area contributed by atoms with Crippen molar-refractivity contribution in [1.29, 1.82) is 0 Å². The highest BCUT2D eigenvalue weighted by Gasteiger charge is 2.30. The van der Waals surface area contributed by atoms with Crippen LogP contribution < -0.4 is 11.3 Å². The molecule has 0 aliphatic carbocycles. The van der Waals surface area contributed by atoms with Crippen LogP contribution in [-0.2, 0) is 10.2 Å². The monoisotopic (exact) mass is 276 g/mol. The van der Waals surface area contributed by atoms with Crippen LogP contribution in [-0.4, -0.2) is 18.8 Å². The van der Waals surface area contributed by atoms with Crippen molar-refractivity contribution in [3.63, 3.8) is 0 Å². The number of ether oxygens (including phenoxy) is 1. The molecule has 3 N–H and O–H groups in total. The zero-order valence-electron chi connectivity index (χ0n) is 12.8. The molecule has 1 aliphatic heterocycles. The second kappa shape index (κ2) is 7.21. The lowest BCUT2D eigenvalue weighted by atomic mass is 9.76. The number of rotatable bonds is 7. The molecule has 1 saturated heterocycles. The van der Waals surface area contributed by atoms with Crippen LogP contribution in [0.2, 0.25) is 0 Å². The summed E-state index contributed by atoms with van der Waals surface area (Å²) in [6.07, 6.45) is 6.33. The molecule has 3 nitrogen and oxygen atoms in total. The minimum Gasteiger partial charge on any atom is -0.378 e. The molecule has 1 aliphatic rings. The molecule has 2 atom stereocenters. The SMILES string of the molecule is CC(C)(c1ccccc1)C(CCCC1CCCO1)NN. The van der Waals surface area contributed by atoms with Crippen LogP contribution in [0.25, 0.3) is 0 Å². The Hall–Kier alpha value is -0.900. The molecule has 2 rings (SSSR count). The van der Waals surface area contributed by atoms with Gasteiger partial charge in [-0.15, -0.1) is 0 Å². The third-order valence-corrected chi connectivity index (χ3v) is 4.63. The first-order chi connectivity index (χ1) is 9.64. The third-order valence-electron chi connectivity index (χ3n) is 4.63. The minimum absolute atomic E-state index is 0.0343. The second-order valence-corrected chi connectivity index (χ2v) is 6.37. The average Bonchev–Trinajstić information content (AvgIpc) is 2.97. The van der Waals surface area contributed by atoms with Crippen molar-refractivity contribution < 1.29 is 4.74 Å². The summed E-state index contributed by atoms with van der Waals surface area (Å²) in [5, 5.41) is 0. The fourth-order valence-electron chi connectivity index (χ4n) is 3.14. The van der Waals surface area contributed by atoms with Gasteiger partial charge in [0, 0.05) is 18.1 Å². The largest absolute Gasteiger partial charge is 0.378 e. The van der Waals surface area contributed by atoms with Gasteiger partial charge in [0.05, 0.1) is 6.10 Å². The van der Waals surface area contributed by atoms with Crippen molar-refractivity contribution in [2.45, 2.75) is 63.5 Å². The third kappa shape index (κ3) is 3.81. The summed E-state index contributed by atoms with van der Waals surface area (Å²) in [6.45, 7) is 5.47. The van der Waals surface area contributed by atoms with Crippen LogP contribution in [0.4, 0.5) is 0 Å². The molecular formula is C17H28N2O. The van der Waals surface area contributed by atoms with Crippen LogP contribution in [0.3, 0.4) is 0 Å².